The summed E-state index contributed by atoms with van der Waals surface area (Å²) >= 11 is 1.49. The number of hydrogen-bond donors (Lipinski definition) is 2. The summed E-state index contributed by atoms with van der Waals surface area (Å²) in [4.78, 5) is 16.7. The van der Waals surface area contributed by atoms with Crippen LogP contribution < -0.4 is 10.6 Å². The minimum Gasteiger partial charge on any atom is -0.375 e. The van der Waals surface area contributed by atoms with Crippen molar-refractivity contribution in [2.24, 2.45) is 0 Å². The largest absolute Gasteiger partial charge is 0.375 e. The fraction of sp³-hybridized carbons (Fsp3) is 0.429. The van der Waals surface area contributed by atoms with Crippen LogP contribution in [0, 0.1) is 6.92 Å². The molecule has 0 unspecified atom stereocenters. The van der Waals surface area contributed by atoms with Crippen LogP contribution in [0.5, 0.6) is 0 Å². The number of aryl methyl sites for hydroxylation is 1. The van der Waals surface area contributed by atoms with E-state index in [0.717, 1.165) is 15.8 Å². The highest BCUT2D eigenvalue weighted by molar-refractivity contribution is 7.22. The van der Waals surface area contributed by atoms with Crippen molar-refractivity contribution >= 4 is 32.6 Å². The number of benzene rings is 1. The van der Waals surface area contributed by atoms with E-state index < -0.39 is 0 Å². The Labute approximate surface area is 121 Å². The van der Waals surface area contributed by atoms with Gasteiger partial charge in [-0.05, 0) is 25.5 Å². The molecular weight excluding hydrogens is 274 g/mol. The van der Waals surface area contributed by atoms with Gasteiger partial charge in [0.15, 0.2) is 5.13 Å². The number of amides is 1. The Bertz CT molecular complexity index is 640. The standard InChI is InChI=1S/C14H17N3O2S/c1-8-4-3-5-10-11(8)16-14(20-10)17-13(18)12-9(2)19-7-6-15-12/h3-5,9,12,15H,6-7H2,1-2H3,(H,16,17,18)/t9-,12+/m1/s1. The Morgan fingerprint density at radius 3 is 3.15 bits per heavy atom. The van der Waals surface area contributed by atoms with Crippen LogP contribution in [-0.2, 0) is 9.53 Å². The van der Waals surface area contributed by atoms with Crippen molar-refractivity contribution in [2.75, 3.05) is 18.5 Å². The van der Waals surface area contributed by atoms with Crippen molar-refractivity contribution in [3.63, 3.8) is 0 Å². The van der Waals surface area contributed by atoms with E-state index >= 15 is 0 Å². The van der Waals surface area contributed by atoms with E-state index in [1.165, 1.54) is 11.3 Å². The molecule has 1 fully saturated rings. The highest BCUT2D eigenvalue weighted by atomic mass is 32.1. The van der Waals surface area contributed by atoms with E-state index in [-0.39, 0.29) is 18.1 Å². The molecule has 20 heavy (non-hydrogen) atoms. The zero-order valence-corrected chi connectivity index (χ0v) is 12.3. The summed E-state index contributed by atoms with van der Waals surface area (Å²) in [5, 5.41) is 6.70. The van der Waals surface area contributed by atoms with Crippen LogP contribution >= 0.6 is 11.3 Å². The predicted molar refractivity (Wildman–Crippen MR) is 80.2 cm³/mol. The first kappa shape index (κ1) is 13.5. The van der Waals surface area contributed by atoms with Crippen LogP contribution in [0.2, 0.25) is 0 Å². The third-order valence-corrected chi connectivity index (χ3v) is 4.39. The van der Waals surface area contributed by atoms with Gasteiger partial charge < -0.3 is 15.4 Å². The van der Waals surface area contributed by atoms with Crippen LogP contribution in [0.4, 0.5) is 5.13 Å². The van der Waals surface area contributed by atoms with Gasteiger partial charge in [-0.2, -0.15) is 0 Å². The smallest absolute Gasteiger partial charge is 0.245 e. The number of ether oxygens (including phenoxy) is 1. The summed E-state index contributed by atoms with van der Waals surface area (Å²) in [5.74, 6) is -0.0890. The molecule has 2 N–H and O–H groups in total. The zero-order chi connectivity index (χ0) is 14.1. The summed E-state index contributed by atoms with van der Waals surface area (Å²) in [5.41, 5.74) is 2.07. The molecule has 3 rings (SSSR count). The molecule has 5 nitrogen and oxygen atoms in total. The lowest BCUT2D eigenvalue weighted by Gasteiger charge is -2.28. The lowest BCUT2D eigenvalue weighted by Crippen LogP contribution is -2.53. The zero-order valence-electron chi connectivity index (χ0n) is 11.5. The molecule has 2 atom stereocenters. The molecule has 0 bridgehead atoms. The lowest BCUT2D eigenvalue weighted by atomic mass is 10.1. The maximum Gasteiger partial charge on any atom is 0.245 e. The van der Waals surface area contributed by atoms with Gasteiger partial charge >= 0.3 is 0 Å². The second kappa shape index (κ2) is 5.47. The van der Waals surface area contributed by atoms with Gasteiger partial charge in [-0.25, -0.2) is 4.98 Å². The molecule has 1 aliphatic heterocycles. The number of thiazole rings is 1. The average molecular weight is 291 g/mol. The predicted octanol–water partition coefficient (Wildman–Crippen LogP) is 1.92. The number of morpholine rings is 1. The van der Waals surface area contributed by atoms with Crippen LogP contribution in [0.15, 0.2) is 18.2 Å². The van der Waals surface area contributed by atoms with Gasteiger partial charge in [-0.1, -0.05) is 23.5 Å². The monoisotopic (exact) mass is 291 g/mol. The fourth-order valence-electron chi connectivity index (χ4n) is 2.35. The second-order valence-electron chi connectivity index (χ2n) is 4.94. The number of hydrogen-bond acceptors (Lipinski definition) is 5. The average Bonchev–Trinajstić information content (AvgIpc) is 2.83. The van der Waals surface area contributed by atoms with E-state index in [0.29, 0.717) is 18.3 Å². The molecule has 0 spiro atoms. The van der Waals surface area contributed by atoms with E-state index in [4.69, 9.17) is 4.74 Å². The van der Waals surface area contributed by atoms with Gasteiger partial charge in [0.05, 0.1) is 22.9 Å². The van der Waals surface area contributed by atoms with Gasteiger partial charge in [0.25, 0.3) is 0 Å². The Kier molecular flexibility index (Phi) is 3.69. The number of carbonyl (C=O) groups excluding carboxylic acids is 1. The molecular formula is C14H17N3O2S. The molecule has 2 aromatic rings. The third-order valence-electron chi connectivity index (χ3n) is 3.45. The van der Waals surface area contributed by atoms with E-state index in [9.17, 15) is 4.79 Å². The van der Waals surface area contributed by atoms with Crippen LogP contribution in [0.25, 0.3) is 10.2 Å². The maximum atomic E-state index is 12.3. The maximum absolute atomic E-state index is 12.3. The number of carbonyl (C=O) groups is 1. The number of nitrogens with zero attached hydrogens (tertiary/aromatic N) is 1. The molecule has 2 heterocycles. The number of para-hydroxylation sites is 1. The number of aromatic nitrogens is 1. The van der Waals surface area contributed by atoms with Crippen molar-refractivity contribution in [3.8, 4) is 0 Å². The molecule has 6 heteroatoms. The number of nitrogens with one attached hydrogen (secondary N) is 2. The van der Waals surface area contributed by atoms with E-state index in [2.05, 4.69) is 15.6 Å². The number of fused-ring (bicyclic) bond motifs is 1. The highest BCUT2D eigenvalue weighted by Gasteiger charge is 2.28. The van der Waals surface area contributed by atoms with Gasteiger partial charge in [0.2, 0.25) is 5.91 Å². The van der Waals surface area contributed by atoms with Crippen molar-refractivity contribution < 1.29 is 9.53 Å². The molecule has 1 amide bonds. The minimum absolute atomic E-state index is 0.0890. The molecule has 0 radical (unpaired) electrons. The molecule has 1 aromatic heterocycles. The Hall–Kier alpha value is -1.50. The highest BCUT2D eigenvalue weighted by Crippen LogP contribution is 2.28. The first-order chi connectivity index (χ1) is 9.65. The molecule has 1 saturated heterocycles. The topological polar surface area (TPSA) is 63.2 Å². The normalized spacial score (nSPS) is 22.9. The van der Waals surface area contributed by atoms with Crippen LogP contribution in [-0.4, -0.2) is 36.2 Å². The van der Waals surface area contributed by atoms with Gasteiger partial charge in [0.1, 0.15) is 6.04 Å². The fourth-order valence-corrected chi connectivity index (χ4v) is 3.30. The summed E-state index contributed by atoms with van der Waals surface area (Å²) in [7, 11) is 0. The minimum atomic E-state index is -0.322. The summed E-state index contributed by atoms with van der Waals surface area (Å²) < 4.78 is 6.57. The van der Waals surface area contributed by atoms with Crippen LogP contribution in [0.1, 0.15) is 12.5 Å². The second-order valence-corrected chi connectivity index (χ2v) is 5.97. The summed E-state index contributed by atoms with van der Waals surface area (Å²) in [6.45, 7) is 5.26. The van der Waals surface area contributed by atoms with Crippen molar-refractivity contribution in [3.05, 3.63) is 23.8 Å². The quantitative estimate of drug-likeness (QED) is 0.887. The summed E-state index contributed by atoms with van der Waals surface area (Å²) in [6, 6.07) is 5.71. The first-order valence-electron chi connectivity index (χ1n) is 6.67. The molecule has 106 valence electrons. The molecule has 1 aromatic carbocycles. The first-order valence-corrected chi connectivity index (χ1v) is 7.49. The van der Waals surface area contributed by atoms with Crippen molar-refractivity contribution in [1.82, 2.24) is 10.3 Å². The molecule has 0 aliphatic carbocycles. The Morgan fingerprint density at radius 1 is 1.55 bits per heavy atom. The Morgan fingerprint density at radius 2 is 2.40 bits per heavy atom. The lowest BCUT2D eigenvalue weighted by molar-refractivity contribution is -0.123. The number of rotatable bonds is 2. The summed E-state index contributed by atoms with van der Waals surface area (Å²) in [6.07, 6.45) is -0.125. The van der Waals surface area contributed by atoms with Crippen molar-refractivity contribution in [2.45, 2.75) is 26.0 Å². The van der Waals surface area contributed by atoms with E-state index in [1.807, 2.05) is 32.0 Å². The number of anilines is 1. The third kappa shape index (κ3) is 2.54. The van der Waals surface area contributed by atoms with Gasteiger partial charge in [-0.15, -0.1) is 0 Å². The SMILES string of the molecule is Cc1cccc2sc(NC(=O)[C@H]3NCCO[C@@H]3C)nc12. The van der Waals surface area contributed by atoms with Crippen molar-refractivity contribution in [1.29, 1.82) is 0 Å². The van der Waals surface area contributed by atoms with Crippen LogP contribution in [0.3, 0.4) is 0 Å². The Balaban J connectivity index is 1.78. The van der Waals surface area contributed by atoms with E-state index in [1.54, 1.807) is 0 Å². The molecule has 1 aliphatic rings. The van der Waals surface area contributed by atoms with Gasteiger partial charge in [-0.3, -0.25) is 4.79 Å². The van der Waals surface area contributed by atoms with Gasteiger partial charge in [0, 0.05) is 6.54 Å². The molecule has 0 saturated carbocycles.